The molecule has 3 heterocycles. The van der Waals surface area contributed by atoms with Gasteiger partial charge in [0.1, 0.15) is 0 Å². The third-order valence-electron chi connectivity index (χ3n) is 5.10. The highest BCUT2D eigenvalue weighted by molar-refractivity contribution is 7.99. The van der Waals surface area contributed by atoms with Crippen LogP contribution in [0.3, 0.4) is 0 Å². The van der Waals surface area contributed by atoms with Crippen molar-refractivity contribution >= 4 is 22.7 Å². The molecule has 0 bridgehead atoms. The summed E-state index contributed by atoms with van der Waals surface area (Å²) in [5.41, 5.74) is 2.62. The van der Waals surface area contributed by atoms with E-state index in [1.54, 1.807) is 0 Å². The molecule has 0 saturated carbocycles. The fourth-order valence-electron chi connectivity index (χ4n) is 3.84. The van der Waals surface area contributed by atoms with Crippen molar-refractivity contribution in [1.29, 1.82) is 0 Å². The van der Waals surface area contributed by atoms with Crippen molar-refractivity contribution in [1.82, 2.24) is 14.8 Å². The number of hydrogen-bond acceptors (Lipinski definition) is 3. The van der Waals surface area contributed by atoms with Crippen LogP contribution in [0.15, 0.2) is 30.3 Å². The molecule has 0 spiro atoms. The number of fused-ring (bicyclic) bond motifs is 1. The van der Waals surface area contributed by atoms with Gasteiger partial charge < -0.3 is 4.98 Å². The van der Waals surface area contributed by atoms with E-state index >= 15 is 0 Å². The molecule has 0 radical (unpaired) electrons. The summed E-state index contributed by atoms with van der Waals surface area (Å²) in [5, 5.41) is 1.33. The van der Waals surface area contributed by atoms with Gasteiger partial charge in [0.25, 0.3) is 0 Å². The molecule has 2 saturated heterocycles. The lowest BCUT2D eigenvalue weighted by molar-refractivity contribution is 0.112. The van der Waals surface area contributed by atoms with Gasteiger partial charge in [0.15, 0.2) is 0 Å². The average molecular weight is 315 g/mol. The monoisotopic (exact) mass is 315 g/mol. The maximum absolute atomic E-state index is 3.56. The van der Waals surface area contributed by atoms with Gasteiger partial charge in [-0.05, 0) is 30.4 Å². The molecular weight excluding hydrogens is 290 g/mol. The molecule has 4 rings (SSSR count). The van der Waals surface area contributed by atoms with Crippen molar-refractivity contribution in [2.24, 2.45) is 0 Å². The SMILES string of the molecule is c1ccc2[nH]c(CN3CCC(N4CCSCC4)CC3)cc2c1. The number of likely N-dealkylation sites (tertiary alicyclic amines) is 1. The number of aromatic nitrogens is 1. The molecule has 1 aromatic carbocycles. The lowest BCUT2D eigenvalue weighted by atomic mass is 10.0. The van der Waals surface area contributed by atoms with Crippen LogP contribution in [0.2, 0.25) is 0 Å². The fourth-order valence-corrected chi connectivity index (χ4v) is 4.78. The topological polar surface area (TPSA) is 22.3 Å². The van der Waals surface area contributed by atoms with E-state index in [9.17, 15) is 0 Å². The molecule has 2 aliphatic rings. The number of benzene rings is 1. The lowest BCUT2D eigenvalue weighted by Gasteiger charge is -2.40. The zero-order valence-electron chi connectivity index (χ0n) is 13.1. The van der Waals surface area contributed by atoms with Gasteiger partial charge in [-0.25, -0.2) is 0 Å². The second-order valence-corrected chi connectivity index (χ2v) is 7.76. The minimum absolute atomic E-state index is 0.833. The van der Waals surface area contributed by atoms with Crippen molar-refractivity contribution < 1.29 is 0 Å². The van der Waals surface area contributed by atoms with Gasteiger partial charge in [0.2, 0.25) is 0 Å². The highest BCUT2D eigenvalue weighted by atomic mass is 32.2. The first-order valence-electron chi connectivity index (χ1n) is 8.49. The summed E-state index contributed by atoms with van der Waals surface area (Å²) >= 11 is 2.11. The Morgan fingerprint density at radius 1 is 1.05 bits per heavy atom. The summed E-state index contributed by atoms with van der Waals surface area (Å²) in [6.07, 6.45) is 2.68. The largest absolute Gasteiger partial charge is 0.357 e. The Bertz CT molecular complexity index is 577. The summed E-state index contributed by atoms with van der Waals surface area (Å²) in [6, 6.07) is 11.7. The first-order chi connectivity index (χ1) is 10.9. The Balaban J connectivity index is 1.33. The number of nitrogens with one attached hydrogen (secondary N) is 1. The van der Waals surface area contributed by atoms with Crippen LogP contribution in [0.5, 0.6) is 0 Å². The number of H-pyrrole nitrogens is 1. The van der Waals surface area contributed by atoms with Crippen LogP contribution in [-0.2, 0) is 6.54 Å². The normalized spacial score (nSPS) is 22.4. The summed E-state index contributed by atoms with van der Waals surface area (Å²) in [7, 11) is 0. The Morgan fingerprint density at radius 3 is 2.59 bits per heavy atom. The maximum atomic E-state index is 3.56. The van der Waals surface area contributed by atoms with Crippen molar-refractivity contribution in [3.05, 3.63) is 36.0 Å². The highest BCUT2D eigenvalue weighted by Gasteiger charge is 2.25. The number of hydrogen-bond donors (Lipinski definition) is 1. The highest BCUT2D eigenvalue weighted by Crippen LogP contribution is 2.22. The van der Waals surface area contributed by atoms with E-state index in [1.165, 1.54) is 67.1 Å². The van der Waals surface area contributed by atoms with Crippen LogP contribution in [0.1, 0.15) is 18.5 Å². The zero-order valence-corrected chi connectivity index (χ0v) is 13.9. The minimum Gasteiger partial charge on any atom is -0.357 e. The standard InChI is InChI=1S/C18H25N3S/c1-2-4-18-15(3-1)13-16(19-18)14-20-7-5-17(6-8-20)21-9-11-22-12-10-21/h1-4,13,17,19H,5-12,14H2. The molecular formula is C18H25N3S. The molecule has 1 aromatic heterocycles. The predicted molar refractivity (Wildman–Crippen MR) is 95.5 cm³/mol. The summed E-state index contributed by atoms with van der Waals surface area (Å²) < 4.78 is 0. The van der Waals surface area contributed by atoms with Crippen molar-refractivity contribution in [2.45, 2.75) is 25.4 Å². The fraction of sp³-hybridized carbons (Fsp3) is 0.556. The van der Waals surface area contributed by atoms with E-state index in [2.05, 4.69) is 56.9 Å². The number of nitrogens with zero attached hydrogens (tertiary/aromatic N) is 2. The Kier molecular flexibility index (Phi) is 4.42. The number of thioether (sulfide) groups is 1. The Labute approximate surface area is 137 Å². The first kappa shape index (κ1) is 14.6. The van der Waals surface area contributed by atoms with Gasteiger partial charge in [-0.2, -0.15) is 11.8 Å². The van der Waals surface area contributed by atoms with Crippen LogP contribution >= 0.6 is 11.8 Å². The van der Waals surface area contributed by atoms with E-state index < -0.39 is 0 Å². The Hall–Kier alpha value is -0.970. The van der Waals surface area contributed by atoms with Crippen molar-refractivity contribution in [2.75, 3.05) is 37.7 Å². The third-order valence-corrected chi connectivity index (χ3v) is 6.04. The molecule has 4 heteroatoms. The zero-order chi connectivity index (χ0) is 14.8. The van der Waals surface area contributed by atoms with Crippen molar-refractivity contribution in [3.8, 4) is 0 Å². The van der Waals surface area contributed by atoms with Gasteiger partial charge in [0, 0.05) is 61.5 Å². The molecule has 1 N–H and O–H groups in total. The van der Waals surface area contributed by atoms with Gasteiger partial charge in [-0.1, -0.05) is 18.2 Å². The van der Waals surface area contributed by atoms with Gasteiger partial charge in [-0.15, -0.1) is 0 Å². The minimum atomic E-state index is 0.833. The Morgan fingerprint density at radius 2 is 1.82 bits per heavy atom. The average Bonchev–Trinajstić information content (AvgIpc) is 2.98. The van der Waals surface area contributed by atoms with E-state index in [4.69, 9.17) is 0 Å². The third kappa shape index (κ3) is 3.19. The second-order valence-electron chi connectivity index (χ2n) is 6.54. The molecule has 0 amide bonds. The molecule has 2 fully saturated rings. The van der Waals surface area contributed by atoms with Crippen molar-refractivity contribution in [3.63, 3.8) is 0 Å². The van der Waals surface area contributed by atoms with E-state index in [0.717, 1.165) is 12.6 Å². The van der Waals surface area contributed by atoms with Crippen LogP contribution in [-0.4, -0.2) is 58.5 Å². The van der Waals surface area contributed by atoms with Gasteiger partial charge >= 0.3 is 0 Å². The molecule has 0 aliphatic carbocycles. The molecule has 118 valence electrons. The predicted octanol–water partition coefficient (Wildman–Crippen LogP) is 3.18. The number of para-hydroxylation sites is 1. The molecule has 0 unspecified atom stereocenters. The van der Waals surface area contributed by atoms with Crippen LogP contribution in [0.25, 0.3) is 10.9 Å². The first-order valence-corrected chi connectivity index (χ1v) is 9.65. The molecule has 22 heavy (non-hydrogen) atoms. The molecule has 2 aliphatic heterocycles. The van der Waals surface area contributed by atoms with Crippen LogP contribution < -0.4 is 0 Å². The maximum Gasteiger partial charge on any atom is 0.0456 e. The molecule has 2 aromatic rings. The smallest absolute Gasteiger partial charge is 0.0456 e. The summed E-state index contributed by atoms with van der Waals surface area (Å²) in [6.45, 7) is 6.15. The van der Waals surface area contributed by atoms with E-state index in [-0.39, 0.29) is 0 Å². The van der Waals surface area contributed by atoms with Gasteiger partial charge in [0.05, 0.1) is 0 Å². The summed E-state index contributed by atoms with van der Waals surface area (Å²) in [5.74, 6) is 2.66. The molecule has 3 nitrogen and oxygen atoms in total. The molecule has 0 atom stereocenters. The number of rotatable bonds is 3. The summed E-state index contributed by atoms with van der Waals surface area (Å²) in [4.78, 5) is 8.91. The second kappa shape index (κ2) is 6.65. The van der Waals surface area contributed by atoms with E-state index in [0.29, 0.717) is 0 Å². The van der Waals surface area contributed by atoms with Crippen LogP contribution in [0, 0.1) is 0 Å². The lowest BCUT2D eigenvalue weighted by Crippen LogP contribution is -2.47. The number of aromatic amines is 1. The van der Waals surface area contributed by atoms with Crippen LogP contribution in [0.4, 0.5) is 0 Å². The number of piperidine rings is 1. The quantitative estimate of drug-likeness (QED) is 0.940. The van der Waals surface area contributed by atoms with Gasteiger partial charge in [-0.3, -0.25) is 9.80 Å². The van der Waals surface area contributed by atoms with E-state index in [1.807, 2.05) is 0 Å².